The van der Waals surface area contributed by atoms with Crippen molar-refractivity contribution in [3.63, 3.8) is 0 Å². The van der Waals surface area contributed by atoms with Gasteiger partial charge in [-0.1, -0.05) is 35.5 Å². The zero-order chi connectivity index (χ0) is 18.8. The maximum Gasteiger partial charge on any atom is 0.261 e. The van der Waals surface area contributed by atoms with Crippen molar-refractivity contribution < 1.29 is 9.32 Å². The van der Waals surface area contributed by atoms with Gasteiger partial charge in [0.1, 0.15) is 28.7 Å². The SMILES string of the molecule is Cc1onc(-c2ccccc2)c1C(=O)Nc1ccc(-n2ccnc2C)nc1. The van der Waals surface area contributed by atoms with Crippen LogP contribution in [-0.4, -0.2) is 25.6 Å². The van der Waals surface area contributed by atoms with E-state index < -0.39 is 0 Å². The fourth-order valence-electron chi connectivity index (χ4n) is 2.85. The van der Waals surface area contributed by atoms with E-state index in [2.05, 4.69) is 20.4 Å². The number of carbonyl (C=O) groups excluding carboxylic acids is 1. The van der Waals surface area contributed by atoms with Gasteiger partial charge in [0.15, 0.2) is 0 Å². The number of amides is 1. The van der Waals surface area contributed by atoms with E-state index in [-0.39, 0.29) is 5.91 Å². The molecule has 0 bridgehead atoms. The fraction of sp³-hybridized carbons (Fsp3) is 0.100. The van der Waals surface area contributed by atoms with Crippen molar-refractivity contribution >= 4 is 11.6 Å². The van der Waals surface area contributed by atoms with Gasteiger partial charge in [-0.05, 0) is 26.0 Å². The van der Waals surface area contributed by atoms with Crippen LogP contribution in [0.3, 0.4) is 0 Å². The van der Waals surface area contributed by atoms with Crippen molar-refractivity contribution in [1.82, 2.24) is 19.7 Å². The molecule has 0 saturated carbocycles. The molecule has 0 aliphatic heterocycles. The predicted molar refractivity (Wildman–Crippen MR) is 101 cm³/mol. The zero-order valence-corrected chi connectivity index (χ0v) is 14.9. The molecule has 0 unspecified atom stereocenters. The minimum absolute atomic E-state index is 0.291. The molecule has 7 nitrogen and oxygen atoms in total. The number of nitrogens with one attached hydrogen (secondary N) is 1. The second-order valence-electron chi connectivity index (χ2n) is 6.03. The molecule has 0 saturated heterocycles. The van der Waals surface area contributed by atoms with Crippen LogP contribution in [0.4, 0.5) is 5.69 Å². The van der Waals surface area contributed by atoms with Crippen LogP contribution in [0.2, 0.25) is 0 Å². The maximum atomic E-state index is 12.8. The van der Waals surface area contributed by atoms with Crippen molar-refractivity contribution in [2.45, 2.75) is 13.8 Å². The molecule has 1 aromatic carbocycles. The van der Waals surface area contributed by atoms with Crippen LogP contribution in [-0.2, 0) is 0 Å². The Morgan fingerprint density at radius 3 is 2.56 bits per heavy atom. The van der Waals surface area contributed by atoms with E-state index >= 15 is 0 Å². The highest BCUT2D eigenvalue weighted by Gasteiger charge is 2.21. The Morgan fingerprint density at radius 2 is 1.89 bits per heavy atom. The third-order valence-electron chi connectivity index (χ3n) is 4.22. The van der Waals surface area contributed by atoms with Crippen molar-refractivity contribution in [1.29, 1.82) is 0 Å². The first-order valence-electron chi connectivity index (χ1n) is 8.43. The Morgan fingerprint density at radius 1 is 1.07 bits per heavy atom. The van der Waals surface area contributed by atoms with Gasteiger partial charge in [0.05, 0.1) is 11.9 Å². The monoisotopic (exact) mass is 359 g/mol. The Balaban J connectivity index is 1.58. The summed E-state index contributed by atoms with van der Waals surface area (Å²) in [6.07, 6.45) is 5.16. The van der Waals surface area contributed by atoms with Gasteiger partial charge in [-0.25, -0.2) is 9.97 Å². The van der Waals surface area contributed by atoms with Crippen molar-refractivity contribution in [2.24, 2.45) is 0 Å². The van der Waals surface area contributed by atoms with E-state index in [0.29, 0.717) is 22.7 Å². The van der Waals surface area contributed by atoms with E-state index in [1.807, 2.05) is 54.1 Å². The first kappa shape index (κ1) is 16.7. The second kappa shape index (κ2) is 6.87. The fourth-order valence-corrected chi connectivity index (χ4v) is 2.85. The molecule has 3 heterocycles. The van der Waals surface area contributed by atoms with Gasteiger partial charge < -0.3 is 9.84 Å². The number of hydrogen-bond acceptors (Lipinski definition) is 5. The molecule has 4 rings (SSSR count). The number of pyridine rings is 1. The van der Waals surface area contributed by atoms with Gasteiger partial charge >= 0.3 is 0 Å². The highest BCUT2D eigenvalue weighted by molar-refractivity contribution is 6.08. The lowest BCUT2D eigenvalue weighted by Crippen LogP contribution is -2.14. The summed E-state index contributed by atoms with van der Waals surface area (Å²) in [6.45, 7) is 3.62. The van der Waals surface area contributed by atoms with Crippen molar-refractivity contribution in [3.05, 3.63) is 78.2 Å². The number of aryl methyl sites for hydroxylation is 2. The first-order valence-corrected chi connectivity index (χ1v) is 8.43. The maximum absolute atomic E-state index is 12.8. The molecule has 0 aliphatic carbocycles. The summed E-state index contributed by atoms with van der Waals surface area (Å²) in [5.74, 6) is 1.74. The zero-order valence-electron chi connectivity index (χ0n) is 14.9. The van der Waals surface area contributed by atoms with Crippen molar-refractivity contribution in [3.8, 4) is 17.1 Å². The van der Waals surface area contributed by atoms with Gasteiger partial charge in [0.25, 0.3) is 5.91 Å². The Bertz CT molecular complexity index is 1080. The van der Waals surface area contributed by atoms with Gasteiger partial charge in [0, 0.05) is 18.0 Å². The van der Waals surface area contributed by atoms with Gasteiger partial charge in [-0.15, -0.1) is 0 Å². The van der Waals surface area contributed by atoms with Gasteiger partial charge in [0.2, 0.25) is 0 Å². The van der Waals surface area contributed by atoms with E-state index in [9.17, 15) is 4.79 Å². The van der Waals surface area contributed by atoms with Crippen LogP contribution in [0, 0.1) is 13.8 Å². The summed E-state index contributed by atoms with van der Waals surface area (Å²) in [7, 11) is 0. The molecule has 134 valence electrons. The van der Waals surface area contributed by atoms with Gasteiger partial charge in [-0.3, -0.25) is 9.36 Å². The van der Waals surface area contributed by atoms with Crippen LogP contribution in [0.1, 0.15) is 21.9 Å². The summed E-state index contributed by atoms with van der Waals surface area (Å²) in [5, 5.41) is 6.90. The second-order valence-corrected chi connectivity index (χ2v) is 6.03. The molecule has 0 aliphatic rings. The minimum Gasteiger partial charge on any atom is -0.360 e. The smallest absolute Gasteiger partial charge is 0.261 e. The third kappa shape index (κ3) is 3.22. The lowest BCUT2D eigenvalue weighted by molar-refractivity contribution is 0.102. The highest BCUT2D eigenvalue weighted by Crippen LogP contribution is 2.26. The van der Waals surface area contributed by atoms with E-state index in [1.54, 1.807) is 25.4 Å². The summed E-state index contributed by atoms with van der Waals surface area (Å²) >= 11 is 0. The van der Waals surface area contributed by atoms with E-state index in [1.165, 1.54) is 0 Å². The Kier molecular flexibility index (Phi) is 4.25. The van der Waals surface area contributed by atoms with Crippen LogP contribution < -0.4 is 5.32 Å². The third-order valence-corrected chi connectivity index (χ3v) is 4.22. The predicted octanol–water partition coefficient (Wildman–Crippen LogP) is 3.79. The number of anilines is 1. The Labute approximate surface area is 155 Å². The van der Waals surface area contributed by atoms with Crippen LogP contribution in [0.15, 0.2) is 65.6 Å². The average Bonchev–Trinajstić information content (AvgIpc) is 3.29. The van der Waals surface area contributed by atoms with Gasteiger partial charge in [-0.2, -0.15) is 0 Å². The molecule has 0 atom stereocenters. The van der Waals surface area contributed by atoms with Crippen LogP contribution in [0.25, 0.3) is 17.1 Å². The van der Waals surface area contributed by atoms with Crippen molar-refractivity contribution in [2.75, 3.05) is 5.32 Å². The molecular weight excluding hydrogens is 342 g/mol. The number of aromatic nitrogens is 4. The molecule has 3 aromatic heterocycles. The lowest BCUT2D eigenvalue weighted by Gasteiger charge is -2.08. The van der Waals surface area contributed by atoms with E-state index in [4.69, 9.17) is 4.52 Å². The summed E-state index contributed by atoms with van der Waals surface area (Å²) in [6, 6.07) is 13.1. The highest BCUT2D eigenvalue weighted by atomic mass is 16.5. The summed E-state index contributed by atoms with van der Waals surface area (Å²) < 4.78 is 7.12. The first-order chi connectivity index (χ1) is 13.1. The lowest BCUT2D eigenvalue weighted by atomic mass is 10.1. The minimum atomic E-state index is -0.291. The normalized spacial score (nSPS) is 10.7. The van der Waals surface area contributed by atoms with Crippen LogP contribution in [0.5, 0.6) is 0 Å². The molecule has 0 radical (unpaired) electrons. The molecule has 1 N–H and O–H groups in total. The van der Waals surface area contributed by atoms with Crippen LogP contribution >= 0.6 is 0 Å². The molecule has 4 aromatic rings. The number of rotatable bonds is 4. The summed E-state index contributed by atoms with van der Waals surface area (Å²) in [4.78, 5) is 21.4. The van der Waals surface area contributed by atoms with E-state index in [0.717, 1.165) is 17.2 Å². The standard InChI is InChI=1S/C20H17N5O2/c1-13-18(19(24-27-13)15-6-4-3-5-7-15)20(26)23-16-8-9-17(22-12-16)25-11-10-21-14(25)2/h3-12H,1-2H3,(H,23,26). The number of hydrogen-bond donors (Lipinski definition) is 1. The molecule has 0 spiro atoms. The number of nitrogens with zero attached hydrogens (tertiary/aromatic N) is 4. The molecule has 7 heteroatoms. The average molecular weight is 359 g/mol. The molecule has 1 amide bonds. The topological polar surface area (TPSA) is 85.8 Å². The molecule has 27 heavy (non-hydrogen) atoms. The summed E-state index contributed by atoms with van der Waals surface area (Å²) in [5.41, 5.74) is 2.34. The molecule has 0 fully saturated rings. The number of carbonyl (C=O) groups is 1. The number of benzene rings is 1. The quantitative estimate of drug-likeness (QED) is 0.599. The Hall–Kier alpha value is -3.74. The molecular formula is C20H17N5O2. The largest absolute Gasteiger partial charge is 0.360 e. The number of imidazole rings is 1.